The standard InChI is InChI=1S/C71H133NO3/c1-3-5-7-9-11-13-15-17-19-21-23-25-27-29-31-33-35-37-38-40-42-44-46-48-50-52-54-56-58-60-62-64-66-70(74)69(68-73)72-71(75)67-65-63-61-59-57-55-53-51-49-47-45-43-41-39-36-34-32-30-28-26-24-22-20-18-16-14-12-10-8-6-4-2/h6,8,12,14,18,20,24,26,30,32,69-70,73-74H,3-5,7,9-11,13,15-17,19,21-23,25,27-29,31,33-68H2,1-2H3,(H,72,75)/b8-6-,14-12-,20-18-,26-24-,32-30-. The molecule has 1 amide bonds. The Balaban J connectivity index is 3.42. The second-order valence-electron chi connectivity index (χ2n) is 23.2. The topological polar surface area (TPSA) is 69.6 Å². The SMILES string of the molecule is CC/C=C\C/C=C\C/C=C\C/C=C\C/C=C\CCCCCCCCCCCCCCCCCC(=O)NC(CO)C(O)CCCCCCCCCCCCCCCCCCCCCCCCCCCCCCCCCC. The van der Waals surface area contributed by atoms with Gasteiger partial charge >= 0.3 is 0 Å². The number of hydrogen-bond donors (Lipinski definition) is 3. The minimum absolute atomic E-state index is 0.0273. The monoisotopic (exact) mass is 1050 g/mol. The van der Waals surface area contributed by atoms with Crippen molar-refractivity contribution in [2.75, 3.05) is 6.61 Å². The molecule has 0 spiro atoms. The first-order valence-electron chi connectivity index (χ1n) is 34.0. The minimum atomic E-state index is -0.663. The van der Waals surface area contributed by atoms with Gasteiger partial charge in [-0.1, -0.05) is 364 Å². The van der Waals surface area contributed by atoms with E-state index in [1.54, 1.807) is 0 Å². The van der Waals surface area contributed by atoms with E-state index in [4.69, 9.17) is 0 Å². The average Bonchev–Trinajstić information content (AvgIpc) is 3.41. The van der Waals surface area contributed by atoms with Gasteiger partial charge in [-0.15, -0.1) is 0 Å². The summed E-state index contributed by atoms with van der Waals surface area (Å²) in [6.45, 7) is 4.28. The van der Waals surface area contributed by atoms with Crippen LogP contribution in [0.5, 0.6) is 0 Å². The van der Waals surface area contributed by atoms with Gasteiger partial charge in [0.25, 0.3) is 0 Å². The van der Waals surface area contributed by atoms with Crippen molar-refractivity contribution in [1.82, 2.24) is 5.32 Å². The first-order valence-corrected chi connectivity index (χ1v) is 34.0. The van der Waals surface area contributed by atoms with Gasteiger partial charge < -0.3 is 15.5 Å². The molecule has 0 aliphatic heterocycles. The zero-order valence-electron chi connectivity index (χ0n) is 50.8. The van der Waals surface area contributed by atoms with E-state index in [0.717, 1.165) is 57.8 Å². The fraction of sp³-hybridized carbons (Fsp3) is 0.845. The van der Waals surface area contributed by atoms with Crippen molar-refractivity contribution < 1.29 is 15.0 Å². The molecule has 0 aliphatic carbocycles. The molecule has 2 unspecified atom stereocenters. The second kappa shape index (κ2) is 66.4. The van der Waals surface area contributed by atoms with E-state index in [0.29, 0.717) is 12.8 Å². The summed E-state index contributed by atoms with van der Waals surface area (Å²) in [4.78, 5) is 12.6. The molecule has 0 heterocycles. The molecular formula is C71H133NO3. The lowest BCUT2D eigenvalue weighted by molar-refractivity contribution is -0.123. The van der Waals surface area contributed by atoms with Gasteiger partial charge in [0.1, 0.15) is 0 Å². The Labute approximate surface area is 470 Å². The number of amides is 1. The Morgan fingerprint density at radius 2 is 0.587 bits per heavy atom. The molecule has 0 aromatic heterocycles. The van der Waals surface area contributed by atoms with Crippen molar-refractivity contribution >= 4 is 5.91 Å². The fourth-order valence-corrected chi connectivity index (χ4v) is 10.7. The van der Waals surface area contributed by atoms with Crippen LogP contribution in [0.2, 0.25) is 0 Å². The van der Waals surface area contributed by atoms with Gasteiger partial charge in [0.15, 0.2) is 0 Å². The summed E-state index contributed by atoms with van der Waals surface area (Å²) in [5.74, 6) is -0.0273. The summed E-state index contributed by atoms with van der Waals surface area (Å²) < 4.78 is 0. The normalized spacial score (nSPS) is 13.1. The van der Waals surface area contributed by atoms with Crippen LogP contribution in [-0.2, 0) is 4.79 Å². The summed E-state index contributed by atoms with van der Waals surface area (Å²) in [6, 6.07) is -0.540. The predicted molar refractivity (Wildman–Crippen MR) is 336 cm³/mol. The molecule has 0 aromatic carbocycles. The first-order chi connectivity index (χ1) is 37.2. The van der Waals surface area contributed by atoms with E-state index in [1.807, 2.05) is 0 Å². The molecule has 4 heteroatoms. The number of aliphatic hydroxyl groups is 2. The Morgan fingerprint density at radius 3 is 0.880 bits per heavy atom. The molecule has 0 saturated carbocycles. The number of allylic oxidation sites excluding steroid dienone is 10. The summed E-state index contributed by atoms with van der Waals surface area (Å²) in [7, 11) is 0. The maximum absolute atomic E-state index is 12.6. The Kier molecular flexibility index (Phi) is 64.7. The third-order valence-corrected chi connectivity index (χ3v) is 15.8. The van der Waals surface area contributed by atoms with Crippen LogP contribution in [-0.4, -0.2) is 34.9 Å². The zero-order valence-corrected chi connectivity index (χ0v) is 50.8. The highest BCUT2D eigenvalue weighted by atomic mass is 16.3. The lowest BCUT2D eigenvalue weighted by Crippen LogP contribution is -2.45. The van der Waals surface area contributed by atoms with E-state index < -0.39 is 12.1 Å². The molecule has 2 atom stereocenters. The Hall–Kier alpha value is -1.91. The van der Waals surface area contributed by atoms with Crippen molar-refractivity contribution in [2.45, 2.75) is 379 Å². The maximum atomic E-state index is 12.6. The molecule has 0 rings (SSSR count). The van der Waals surface area contributed by atoms with Gasteiger partial charge in [-0.2, -0.15) is 0 Å². The number of aliphatic hydroxyl groups excluding tert-OH is 2. The average molecular weight is 1050 g/mol. The van der Waals surface area contributed by atoms with Crippen LogP contribution in [0.1, 0.15) is 367 Å². The van der Waals surface area contributed by atoms with Crippen LogP contribution < -0.4 is 5.32 Å². The molecule has 0 saturated heterocycles. The lowest BCUT2D eigenvalue weighted by atomic mass is 10.0. The van der Waals surface area contributed by atoms with Crippen LogP contribution in [0.3, 0.4) is 0 Å². The van der Waals surface area contributed by atoms with Crippen molar-refractivity contribution in [3.63, 3.8) is 0 Å². The highest BCUT2D eigenvalue weighted by Crippen LogP contribution is 2.19. The van der Waals surface area contributed by atoms with Gasteiger partial charge in [0.05, 0.1) is 18.8 Å². The quantitative estimate of drug-likeness (QED) is 0.0420. The summed E-state index contributed by atoms with van der Waals surface area (Å²) in [6.07, 6.45) is 94.1. The summed E-state index contributed by atoms with van der Waals surface area (Å²) >= 11 is 0. The van der Waals surface area contributed by atoms with Gasteiger partial charge in [-0.25, -0.2) is 0 Å². The van der Waals surface area contributed by atoms with Crippen molar-refractivity contribution in [1.29, 1.82) is 0 Å². The van der Waals surface area contributed by atoms with E-state index >= 15 is 0 Å². The van der Waals surface area contributed by atoms with Crippen LogP contribution in [0.4, 0.5) is 0 Å². The van der Waals surface area contributed by atoms with E-state index in [1.165, 1.54) is 283 Å². The van der Waals surface area contributed by atoms with Gasteiger partial charge in [-0.3, -0.25) is 4.79 Å². The third-order valence-electron chi connectivity index (χ3n) is 15.8. The molecule has 75 heavy (non-hydrogen) atoms. The van der Waals surface area contributed by atoms with Crippen LogP contribution in [0.25, 0.3) is 0 Å². The van der Waals surface area contributed by atoms with Crippen molar-refractivity contribution in [2.24, 2.45) is 0 Å². The Bertz CT molecular complexity index is 1230. The smallest absolute Gasteiger partial charge is 0.220 e. The molecule has 0 radical (unpaired) electrons. The van der Waals surface area contributed by atoms with Crippen molar-refractivity contribution in [3.05, 3.63) is 60.8 Å². The minimum Gasteiger partial charge on any atom is -0.394 e. The van der Waals surface area contributed by atoms with Gasteiger partial charge in [0.2, 0.25) is 5.91 Å². The zero-order chi connectivity index (χ0) is 54.1. The van der Waals surface area contributed by atoms with Crippen LogP contribution >= 0.6 is 0 Å². The third kappa shape index (κ3) is 62.8. The van der Waals surface area contributed by atoms with E-state index in [9.17, 15) is 15.0 Å². The predicted octanol–water partition coefficient (Wildman–Crippen LogP) is 23.1. The highest BCUT2D eigenvalue weighted by molar-refractivity contribution is 5.76. The molecule has 0 fully saturated rings. The van der Waals surface area contributed by atoms with Gasteiger partial charge in [0, 0.05) is 6.42 Å². The van der Waals surface area contributed by atoms with Crippen LogP contribution in [0.15, 0.2) is 60.8 Å². The number of carbonyl (C=O) groups is 1. The number of hydrogen-bond acceptors (Lipinski definition) is 3. The van der Waals surface area contributed by atoms with E-state index in [2.05, 4.69) is 79.9 Å². The number of carbonyl (C=O) groups excluding carboxylic acids is 1. The van der Waals surface area contributed by atoms with Crippen LogP contribution in [0, 0.1) is 0 Å². The number of nitrogens with one attached hydrogen (secondary N) is 1. The maximum Gasteiger partial charge on any atom is 0.220 e. The second-order valence-corrected chi connectivity index (χ2v) is 23.2. The summed E-state index contributed by atoms with van der Waals surface area (Å²) in [5.41, 5.74) is 0. The van der Waals surface area contributed by atoms with Gasteiger partial charge in [-0.05, 0) is 57.8 Å². The molecular weight excluding hydrogens is 915 g/mol. The molecule has 440 valence electrons. The molecule has 0 aromatic rings. The molecule has 0 aliphatic rings. The lowest BCUT2D eigenvalue weighted by Gasteiger charge is -2.22. The largest absolute Gasteiger partial charge is 0.394 e. The molecule has 4 nitrogen and oxygen atoms in total. The molecule has 3 N–H and O–H groups in total. The van der Waals surface area contributed by atoms with E-state index in [-0.39, 0.29) is 12.5 Å². The Morgan fingerprint density at radius 1 is 0.333 bits per heavy atom. The highest BCUT2D eigenvalue weighted by Gasteiger charge is 2.20. The number of unbranched alkanes of at least 4 members (excludes halogenated alkanes) is 46. The molecule has 0 bridgehead atoms. The summed E-state index contributed by atoms with van der Waals surface area (Å²) in [5, 5.41) is 23.5. The van der Waals surface area contributed by atoms with Crippen molar-refractivity contribution in [3.8, 4) is 0 Å². The first kappa shape index (κ1) is 73.1. The number of rotatable bonds is 63. The fourth-order valence-electron chi connectivity index (χ4n) is 10.7.